The molecule has 0 radical (unpaired) electrons. The molecule has 0 fully saturated rings. The number of esters is 1. The Bertz CT molecular complexity index is 230. The molecule has 0 aromatic heterocycles. The van der Waals surface area contributed by atoms with E-state index in [1.165, 1.54) is 0 Å². The number of hydrogen-bond donors (Lipinski definition) is 0. The molecule has 1 aliphatic rings. The molecular formula is C12H18O2. The van der Waals surface area contributed by atoms with Crippen LogP contribution in [0.5, 0.6) is 0 Å². The number of hydrogen-bond acceptors (Lipinski definition) is 2. The van der Waals surface area contributed by atoms with Crippen LogP contribution in [0.4, 0.5) is 0 Å². The van der Waals surface area contributed by atoms with Crippen LogP contribution < -0.4 is 0 Å². The topological polar surface area (TPSA) is 26.3 Å². The third kappa shape index (κ3) is 3.02. The number of allylic oxidation sites excluding steroid dienone is 2. The minimum Gasteiger partial charge on any atom is -0.458 e. The molecule has 78 valence electrons. The van der Waals surface area contributed by atoms with Gasteiger partial charge in [-0.25, -0.2) is 0 Å². The van der Waals surface area contributed by atoms with E-state index in [9.17, 15) is 4.79 Å². The summed E-state index contributed by atoms with van der Waals surface area (Å²) < 4.78 is 5.30. The lowest BCUT2D eigenvalue weighted by atomic mass is 9.94. The molecule has 0 saturated heterocycles. The van der Waals surface area contributed by atoms with Crippen molar-refractivity contribution in [2.45, 2.75) is 38.7 Å². The summed E-state index contributed by atoms with van der Waals surface area (Å²) in [6.45, 7) is 5.63. The Balaban J connectivity index is 2.40. The van der Waals surface area contributed by atoms with E-state index in [1.807, 2.05) is 6.92 Å². The number of carbonyl (C=O) groups is 1. The van der Waals surface area contributed by atoms with Crippen molar-refractivity contribution >= 4 is 5.97 Å². The van der Waals surface area contributed by atoms with Gasteiger partial charge in [-0.3, -0.25) is 4.79 Å². The van der Waals surface area contributed by atoms with Crippen molar-refractivity contribution in [3.63, 3.8) is 0 Å². The minimum absolute atomic E-state index is 0.0639. The summed E-state index contributed by atoms with van der Waals surface area (Å²) in [4.78, 5) is 11.6. The van der Waals surface area contributed by atoms with Gasteiger partial charge in [0.2, 0.25) is 0 Å². The van der Waals surface area contributed by atoms with Crippen LogP contribution in [0.3, 0.4) is 0 Å². The molecule has 0 saturated carbocycles. The minimum atomic E-state index is -0.117. The fraction of sp³-hybridized carbons (Fsp3) is 0.583. The molecule has 0 aliphatic heterocycles. The van der Waals surface area contributed by atoms with Gasteiger partial charge in [0.05, 0.1) is 5.92 Å². The van der Waals surface area contributed by atoms with Gasteiger partial charge in [0, 0.05) is 0 Å². The highest BCUT2D eigenvalue weighted by Gasteiger charge is 2.21. The maximum absolute atomic E-state index is 11.6. The Morgan fingerprint density at radius 3 is 3.00 bits per heavy atom. The average Bonchev–Trinajstić information content (AvgIpc) is 2.26. The van der Waals surface area contributed by atoms with Crippen LogP contribution in [0.2, 0.25) is 0 Å². The monoisotopic (exact) mass is 194 g/mol. The van der Waals surface area contributed by atoms with Crippen molar-refractivity contribution in [1.29, 1.82) is 0 Å². The lowest BCUT2D eigenvalue weighted by molar-refractivity contribution is -0.152. The molecule has 0 N–H and O–H groups in total. The van der Waals surface area contributed by atoms with Gasteiger partial charge in [0.1, 0.15) is 6.10 Å². The highest BCUT2D eigenvalue weighted by Crippen LogP contribution is 2.20. The van der Waals surface area contributed by atoms with E-state index in [0.29, 0.717) is 0 Å². The second kappa shape index (κ2) is 5.63. The first-order valence-electron chi connectivity index (χ1n) is 5.26. The molecule has 14 heavy (non-hydrogen) atoms. The summed E-state index contributed by atoms with van der Waals surface area (Å²) in [5.41, 5.74) is 0. The molecule has 1 rings (SSSR count). The lowest BCUT2D eigenvalue weighted by Crippen LogP contribution is -2.23. The van der Waals surface area contributed by atoms with Crippen LogP contribution in [0, 0.1) is 5.92 Å². The molecule has 1 aliphatic carbocycles. The summed E-state index contributed by atoms with van der Waals surface area (Å²) in [7, 11) is 0. The molecule has 2 atom stereocenters. The van der Waals surface area contributed by atoms with E-state index in [-0.39, 0.29) is 18.0 Å². The van der Waals surface area contributed by atoms with Crippen LogP contribution in [0.25, 0.3) is 0 Å². The van der Waals surface area contributed by atoms with E-state index >= 15 is 0 Å². The van der Waals surface area contributed by atoms with Crippen molar-refractivity contribution < 1.29 is 9.53 Å². The third-order valence-electron chi connectivity index (χ3n) is 2.54. The van der Waals surface area contributed by atoms with Gasteiger partial charge >= 0.3 is 5.97 Å². The Labute approximate surface area is 85.6 Å². The Hall–Kier alpha value is -1.05. The maximum Gasteiger partial charge on any atom is 0.309 e. The quantitative estimate of drug-likeness (QED) is 0.508. The zero-order chi connectivity index (χ0) is 10.4. The first kappa shape index (κ1) is 11.0. The number of ether oxygens (including phenoxy) is 1. The fourth-order valence-corrected chi connectivity index (χ4v) is 1.55. The molecule has 2 nitrogen and oxygen atoms in total. The normalized spacial score (nSPS) is 22.8. The molecular weight excluding hydrogens is 176 g/mol. The molecule has 2 heteroatoms. The molecule has 0 heterocycles. The van der Waals surface area contributed by atoms with Gasteiger partial charge in [-0.2, -0.15) is 0 Å². The third-order valence-corrected chi connectivity index (χ3v) is 2.54. The van der Waals surface area contributed by atoms with Crippen LogP contribution in [-0.2, 0) is 9.53 Å². The summed E-state index contributed by atoms with van der Waals surface area (Å²) in [6, 6.07) is 0. The van der Waals surface area contributed by atoms with Gasteiger partial charge in [-0.05, 0) is 25.7 Å². The first-order chi connectivity index (χ1) is 6.77. The lowest BCUT2D eigenvalue weighted by Gasteiger charge is -2.19. The maximum atomic E-state index is 11.6. The van der Waals surface area contributed by atoms with Gasteiger partial charge in [-0.1, -0.05) is 31.7 Å². The molecule has 2 unspecified atom stereocenters. The molecule has 0 aromatic carbocycles. The van der Waals surface area contributed by atoms with Crippen molar-refractivity contribution in [3.05, 3.63) is 24.8 Å². The van der Waals surface area contributed by atoms with Gasteiger partial charge < -0.3 is 4.74 Å². The zero-order valence-electron chi connectivity index (χ0n) is 8.74. The van der Waals surface area contributed by atoms with Crippen molar-refractivity contribution in [1.82, 2.24) is 0 Å². The highest BCUT2D eigenvalue weighted by molar-refractivity contribution is 5.73. The molecule has 0 aromatic rings. The summed E-state index contributed by atoms with van der Waals surface area (Å²) >= 11 is 0. The summed E-state index contributed by atoms with van der Waals surface area (Å²) in [5.74, 6) is -0.00454. The van der Waals surface area contributed by atoms with E-state index in [4.69, 9.17) is 4.74 Å². The second-order valence-corrected chi connectivity index (χ2v) is 3.60. The van der Waals surface area contributed by atoms with E-state index in [0.717, 1.165) is 25.7 Å². The van der Waals surface area contributed by atoms with Crippen LogP contribution >= 0.6 is 0 Å². The summed E-state index contributed by atoms with van der Waals surface area (Å²) in [5, 5.41) is 0. The van der Waals surface area contributed by atoms with Crippen LogP contribution in [0.1, 0.15) is 32.6 Å². The highest BCUT2D eigenvalue weighted by atomic mass is 16.5. The second-order valence-electron chi connectivity index (χ2n) is 3.60. The predicted molar refractivity (Wildman–Crippen MR) is 56.8 cm³/mol. The fourth-order valence-electron chi connectivity index (χ4n) is 1.55. The van der Waals surface area contributed by atoms with Gasteiger partial charge in [-0.15, -0.1) is 0 Å². The van der Waals surface area contributed by atoms with Crippen molar-refractivity contribution in [2.75, 3.05) is 0 Å². The van der Waals surface area contributed by atoms with Gasteiger partial charge in [0.15, 0.2) is 0 Å². The molecule has 0 amide bonds. The van der Waals surface area contributed by atoms with E-state index in [1.54, 1.807) is 6.08 Å². The largest absolute Gasteiger partial charge is 0.458 e. The van der Waals surface area contributed by atoms with Crippen LogP contribution in [-0.4, -0.2) is 12.1 Å². The van der Waals surface area contributed by atoms with Crippen molar-refractivity contribution in [3.8, 4) is 0 Å². The molecule has 0 bridgehead atoms. The predicted octanol–water partition coefficient (Wildman–Crippen LogP) is 2.85. The van der Waals surface area contributed by atoms with E-state index < -0.39 is 0 Å². The smallest absolute Gasteiger partial charge is 0.309 e. The van der Waals surface area contributed by atoms with Gasteiger partial charge in [0.25, 0.3) is 0 Å². The molecule has 0 spiro atoms. The zero-order valence-corrected chi connectivity index (χ0v) is 8.74. The standard InChI is InChI=1S/C12H18O2/c1-3-11(4-2)14-12(13)10-8-6-5-7-9-10/h3,5-6,10-11H,1,4,7-9H2,2H3. The van der Waals surface area contributed by atoms with Crippen LogP contribution in [0.15, 0.2) is 24.8 Å². The number of carbonyl (C=O) groups excluding carboxylic acids is 1. The number of rotatable bonds is 4. The SMILES string of the molecule is C=CC(CC)OC(=O)C1CC=CCC1. The Morgan fingerprint density at radius 1 is 1.71 bits per heavy atom. The van der Waals surface area contributed by atoms with Crippen molar-refractivity contribution in [2.24, 2.45) is 5.92 Å². The Kier molecular flexibility index (Phi) is 4.44. The first-order valence-corrected chi connectivity index (χ1v) is 5.26. The van der Waals surface area contributed by atoms with E-state index in [2.05, 4.69) is 18.7 Å². The Morgan fingerprint density at radius 2 is 2.50 bits per heavy atom. The summed E-state index contributed by atoms with van der Waals surface area (Å²) in [6.07, 6.45) is 9.29. The average molecular weight is 194 g/mol.